The molecule has 3 aromatic carbocycles. The van der Waals surface area contributed by atoms with E-state index in [0.29, 0.717) is 28.8 Å². The van der Waals surface area contributed by atoms with Gasteiger partial charge in [-0.05, 0) is 140 Å². The number of rotatable bonds is 19. The standard InChI is InChI=1S/C45H63ClN2O3/c1-8-13-33(20-19-31(3)49)29-47-30-35-27-40(46)43(28-34(35)14-9-2)51-42-22-21-38-37(16-10-17-39(38)42)36-15-11-18-41(32(36)4)50-26-12-24-48-25-23-44(48)45(5,6)7/h10-11,15-18,27-28,33,42,44,47H,8-9,12-14,19-26,29-30H2,1-7H3/t33?,42-,44?/m0/s1. The maximum Gasteiger partial charge on any atom is 0.139 e. The van der Waals surface area contributed by atoms with Gasteiger partial charge in [0.05, 0.1) is 11.6 Å². The van der Waals surface area contributed by atoms with Gasteiger partial charge in [-0.2, -0.15) is 0 Å². The summed E-state index contributed by atoms with van der Waals surface area (Å²) in [5, 5.41) is 4.35. The Kier molecular flexibility index (Phi) is 14.1. The van der Waals surface area contributed by atoms with Crippen molar-refractivity contribution >= 4 is 17.4 Å². The lowest BCUT2D eigenvalue weighted by atomic mass is 9.79. The molecule has 5 rings (SSSR count). The number of halogens is 1. The van der Waals surface area contributed by atoms with Crippen molar-refractivity contribution < 1.29 is 14.3 Å². The summed E-state index contributed by atoms with van der Waals surface area (Å²) in [5.41, 5.74) is 9.20. The van der Waals surface area contributed by atoms with Crippen LogP contribution >= 0.6 is 11.6 Å². The van der Waals surface area contributed by atoms with Crippen molar-refractivity contribution in [2.45, 2.75) is 131 Å². The number of carbonyl (C=O) groups excluding carboxylic acids is 1. The summed E-state index contributed by atoms with van der Waals surface area (Å²) in [4.78, 5) is 14.2. The van der Waals surface area contributed by atoms with Crippen LogP contribution in [0.25, 0.3) is 11.1 Å². The van der Waals surface area contributed by atoms with Gasteiger partial charge in [0.15, 0.2) is 0 Å². The molecule has 2 aliphatic rings. The Morgan fingerprint density at radius 2 is 1.78 bits per heavy atom. The molecule has 3 atom stereocenters. The monoisotopic (exact) mass is 714 g/mol. The van der Waals surface area contributed by atoms with E-state index in [1.54, 1.807) is 6.92 Å². The lowest BCUT2D eigenvalue weighted by molar-refractivity contribution is -0.117. The average molecular weight is 715 g/mol. The van der Waals surface area contributed by atoms with Crippen LogP contribution in [-0.4, -0.2) is 43.0 Å². The largest absolute Gasteiger partial charge is 0.493 e. The van der Waals surface area contributed by atoms with Crippen molar-refractivity contribution in [3.8, 4) is 22.6 Å². The highest BCUT2D eigenvalue weighted by atomic mass is 35.5. The van der Waals surface area contributed by atoms with E-state index >= 15 is 0 Å². The number of hydrogen-bond acceptors (Lipinski definition) is 5. The molecule has 0 aromatic heterocycles. The number of ketones is 1. The molecule has 5 nitrogen and oxygen atoms in total. The quantitative estimate of drug-likeness (QED) is 0.125. The number of hydrogen-bond donors (Lipinski definition) is 1. The number of likely N-dealkylation sites (tertiary alicyclic amines) is 1. The van der Waals surface area contributed by atoms with Gasteiger partial charge in [0.2, 0.25) is 0 Å². The Hall–Kier alpha value is -2.86. The Morgan fingerprint density at radius 1 is 1.00 bits per heavy atom. The fourth-order valence-electron chi connectivity index (χ4n) is 8.31. The highest BCUT2D eigenvalue weighted by Gasteiger charge is 2.36. The Labute approximate surface area is 313 Å². The number of carbonyl (C=O) groups is 1. The van der Waals surface area contributed by atoms with Gasteiger partial charge in [-0.25, -0.2) is 0 Å². The number of fused-ring (bicyclic) bond motifs is 1. The summed E-state index contributed by atoms with van der Waals surface area (Å²) >= 11 is 6.95. The maximum atomic E-state index is 11.6. The molecule has 1 N–H and O–H groups in total. The van der Waals surface area contributed by atoms with E-state index in [0.717, 1.165) is 89.1 Å². The SMILES string of the molecule is CCCc1cc(O[C@H]2CCc3c(-c4cccc(OCCCN5CCC5C(C)(C)C)c4C)cccc32)c(Cl)cc1CNCC(CCC)CCC(C)=O. The molecule has 3 aromatic rings. The normalized spacial score (nSPS) is 18.0. The highest BCUT2D eigenvalue weighted by molar-refractivity contribution is 6.32. The number of benzene rings is 3. The van der Waals surface area contributed by atoms with Gasteiger partial charge in [-0.15, -0.1) is 0 Å². The van der Waals surface area contributed by atoms with Crippen molar-refractivity contribution in [2.24, 2.45) is 11.3 Å². The van der Waals surface area contributed by atoms with Crippen LogP contribution in [0, 0.1) is 18.3 Å². The van der Waals surface area contributed by atoms with Crippen LogP contribution in [0.2, 0.25) is 5.02 Å². The fourth-order valence-corrected chi connectivity index (χ4v) is 8.55. The van der Waals surface area contributed by atoms with Crippen molar-refractivity contribution in [3.05, 3.63) is 81.4 Å². The molecular formula is C45H63ClN2O3. The first kappa shape index (κ1) is 39.3. The first-order chi connectivity index (χ1) is 24.5. The molecule has 0 amide bonds. The van der Waals surface area contributed by atoms with Crippen LogP contribution in [0.1, 0.15) is 127 Å². The minimum atomic E-state index is -0.0369. The van der Waals surface area contributed by atoms with E-state index in [1.807, 2.05) is 0 Å². The van der Waals surface area contributed by atoms with Crippen molar-refractivity contribution in [1.82, 2.24) is 10.2 Å². The van der Waals surface area contributed by atoms with E-state index in [-0.39, 0.29) is 11.9 Å². The molecule has 0 radical (unpaired) electrons. The molecule has 2 unspecified atom stereocenters. The summed E-state index contributed by atoms with van der Waals surface area (Å²) in [6.07, 6.45) is 10.1. The molecule has 0 bridgehead atoms. The van der Waals surface area contributed by atoms with Crippen molar-refractivity contribution in [2.75, 3.05) is 26.2 Å². The Balaban J connectivity index is 1.24. The van der Waals surface area contributed by atoms with Crippen molar-refractivity contribution in [3.63, 3.8) is 0 Å². The van der Waals surface area contributed by atoms with E-state index in [2.05, 4.69) is 100 Å². The molecule has 0 saturated carbocycles. The topological polar surface area (TPSA) is 50.8 Å². The van der Waals surface area contributed by atoms with Gasteiger partial charge in [0.1, 0.15) is 23.4 Å². The first-order valence-corrected chi connectivity index (χ1v) is 20.1. The number of aryl methyl sites for hydroxylation is 1. The zero-order valence-electron chi connectivity index (χ0n) is 32.5. The van der Waals surface area contributed by atoms with Crippen LogP contribution in [0.15, 0.2) is 48.5 Å². The second-order valence-corrected chi connectivity index (χ2v) is 16.6. The zero-order chi connectivity index (χ0) is 36.5. The Bertz CT molecular complexity index is 1610. The van der Waals surface area contributed by atoms with Crippen LogP contribution in [0.5, 0.6) is 11.5 Å². The molecule has 6 heteroatoms. The zero-order valence-corrected chi connectivity index (χ0v) is 33.3. The Morgan fingerprint density at radius 3 is 2.49 bits per heavy atom. The molecule has 51 heavy (non-hydrogen) atoms. The van der Waals surface area contributed by atoms with Gasteiger partial charge >= 0.3 is 0 Å². The van der Waals surface area contributed by atoms with Gasteiger partial charge in [0.25, 0.3) is 0 Å². The van der Waals surface area contributed by atoms with Gasteiger partial charge in [-0.3, -0.25) is 4.90 Å². The van der Waals surface area contributed by atoms with Crippen LogP contribution in [0.4, 0.5) is 0 Å². The van der Waals surface area contributed by atoms with Crippen LogP contribution in [-0.2, 0) is 24.2 Å². The highest BCUT2D eigenvalue weighted by Crippen LogP contribution is 2.43. The fraction of sp³-hybridized carbons (Fsp3) is 0.578. The molecule has 1 heterocycles. The third kappa shape index (κ3) is 10.2. The lowest BCUT2D eigenvalue weighted by Crippen LogP contribution is -2.54. The summed E-state index contributed by atoms with van der Waals surface area (Å²) in [6, 6.07) is 18.1. The van der Waals surface area contributed by atoms with Gasteiger partial charge < -0.3 is 19.6 Å². The minimum absolute atomic E-state index is 0.0369. The van der Waals surface area contributed by atoms with E-state index in [9.17, 15) is 4.79 Å². The first-order valence-electron chi connectivity index (χ1n) is 19.8. The van der Waals surface area contributed by atoms with Crippen molar-refractivity contribution in [1.29, 1.82) is 0 Å². The molecule has 1 aliphatic carbocycles. The van der Waals surface area contributed by atoms with Gasteiger partial charge in [-0.1, -0.05) is 89.4 Å². The molecule has 278 valence electrons. The summed E-state index contributed by atoms with van der Waals surface area (Å²) in [7, 11) is 0. The average Bonchev–Trinajstić information content (AvgIpc) is 3.47. The van der Waals surface area contributed by atoms with E-state index < -0.39 is 0 Å². The third-order valence-corrected chi connectivity index (χ3v) is 11.5. The molecule has 1 saturated heterocycles. The second kappa shape index (κ2) is 18.3. The molecule has 0 spiro atoms. The van der Waals surface area contributed by atoms with Crippen LogP contribution < -0.4 is 14.8 Å². The molecule has 1 aliphatic heterocycles. The van der Waals surface area contributed by atoms with Crippen LogP contribution in [0.3, 0.4) is 0 Å². The molecular weight excluding hydrogens is 652 g/mol. The maximum absolute atomic E-state index is 11.6. The lowest BCUT2D eigenvalue weighted by Gasteiger charge is -2.48. The number of nitrogens with zero attached hydrogens (tertiary/aromatic N) is 1. The summed E-state index contributed by atoms with van der Waals surface area (Å²) in [6.45, 7) is 20.1. The smallest absolute Gasteiger partial charge is 0.139 e. The summed E-state index contributed by atoms with van der Waals surface area (Å²) in [5.74, 6) is 2.54. The number of ether oxygens (including phenoxy) is 2. The number of Topliss-reactive ketones (excluding diaryl/α,β-unsaturated/α-hetero) is 1. The van der Waals surface area contributed by atoms with E-state index in [4.69, 9.17) is 21.1 Å². The van der Waals surface area contributed by atoms with E-state index in [1.165, 1.54) is 51.9 Å². The predicted molar refractivity (Wildman–Crippen MR) is 213 cm³/mol. The minimum Gasteiger partial charge on any atom is -0.493 e. The predicted octanol–water partition coefficient (Wildman–Crippen LogP) is 11.1. The third-order valence-electron chi connectivity index (χ3n) is 11.2. The number of nitrogens with one attached hydrogen (secondary N) is 1. The second-order valence-electron chi connectivity index (χ2n) is 16.2. The van der Waals surface area contributed by atoms with Gasteiger partial charge in [0, 0.05) is 25.6 Å². The molecule has 1 fully saturated rings. The summed E-state index contributed by atoms with van der Waals surface area (Å²) < 4.78 is 13.2.